The fourth-order valence-corrected chi connectivity index (χ4v) is 3.88. The molecule has 0 bridgehead atoms. The molecule has 1 heterocycles. The second kappa shape index (κ2) is 8.36. The summed E-state index contributed by atoms with van der Waals surface area (Å²) in [6.45, 7) is 1.53. The molecule has 154 valence electrons. The first-order valence-corrected chi connectivity index (χ1v) is 9.95. The van der Waals surface area contributed by atoms with Gasteiger partial charge in [-0.05, 0) is 55.0 Å². The van der Waals surface area contributed by atoms with Crippen LogP contribution in [0, 0.1) is 21.4 Å². The average molecular weight is 413 g/mol. The topological polar surface area (TPSA) is 106 Å². The number of hydrogen-bond donors (Lipinski definition) is 0. The minimum atomic E-state index is -0.862. The SMILES string of the molecule is CC(C#N)OC(=O)c1c2c(nc3ccccc13)/C(=C/c1cccc([N+](=O)[O-])c1)CCC2. The van der Waals surface area contributed by atoms with Crippen LogP contribution in [-0.2, 0) is 11.2 Å². The van der Waals surface area contributed by atoms with Crippen LogP contribution in [0.4, 0.5) is 5.69 Å². The molecule has 7 heteroatoms. The highest BCUT2D eigenvalue weighted by Crippen LogP contribution is 2.36. The number of allylic oxidation sites excluding steroid dienone is 1. The van der Waals surface area contributed by atoms with Crippen molar-refractivity contribution in [3.63, 3.8) is 0 Å². The third-order valence-electron chi connectivity index (χ3n) is 5.26. The normalized spacial score (nSPS) is 15.2. The van der Waals surface area contributed by atoms with Crippen molar-refractivity contribution in [3.05, 3.63) is 81.0 Å². The molecule has 2 aromatic carbocycles. The number of pyridine rings is 1. The summed E-state index contributed by atoms with van der Waals surface area (Å²) in [6.07, 6.45) is 3.23. The third-order valence-corrected chi connectivity index (χ3v) is 5.26. The van der Waals surface area contributed by atoms with Crippen molar-refractivity contribution in [2.45, 2.75) is 32.3 Å². The van der Waals surface area contributed by atoms with Gasteiger partial charge in [-0.3, -0.25) is 10.1 Å². The van der Waals surface area contributed by atoms with Crippen LogP contribution in [0.1, 0.15) is 46.9 Å². The number of carbonyl (C=O) groups excluding carboxylic acids is 1. The van der Waals surface area contributed by atoms with Gasteiger partial charge in [-0.1, -0.05) is 30.3 Å². The Bertz CT molecular complexity index is 1270. The molecule has 0 radical (unpaired) electrons. The van der Waals surface area contributed by atoms with Crippen molar-refractivity contribution in [1.29, 1.82) is 5.26 Å². The molecule has 1 aliphatic rings. The number of benzene rings is 2. The van der Waals surface area contributed by atoms with E-state index >= 15 is 0 Å². The van der Waals surface area contributed by atoms with Gasteiger partial charge < -0.3 is 4.74 Å². The fourth-order valence-electron chi connectivity index (χ4n) is 3.88. The van der Waals surface area contributed by atoms with Crippen LogP contribution in [0.25, 0.3) is 22.6 Å². The maximum atomic E-state index is 13.0. The van der Waals surface area contributed by atoms with Gasteiger partial charge in [0.05, 0.1) is 21.7 Å². The number of esters is 1. The van der Waals surface area contributed by atoms with Gasteiger partial charge in [-0.15, -0.1) is 0 Å². The maximum absolute atomic E-state index is 13.0. The molecular weight excluding hydrogens is 394 g/mol. The lowest BCUT2D eigenvalue weighted by molar-refractivity contribution is -0.384. The Morgan fingerprint density at radius 2 is 2.06 bits per heavy atom. The molecule has 7 nitrogen and oxygen atoms in total. The Hall–Kier alpha value is -4.05. The van der Waals surface area contributed by atoms with Gasteiger partial charge in [0.25, 0.3) is 5.69 Å². The van der Waals surface area contributed by atoms with Crippen molar-refractivity contribution in [2.24, 2.45) is 0 Å². The second-order valence-corrected chi connectivity index (χ2v) is 7.38. The van der Waals surface area contributed by atoms with E-state index in [0.717, 1.165) is 24.0 Å². The Morgan fingerprint density at radius 3 is 2.84 bits per heavy atom. The number of carbonyl (C=O) groups is 1. The summed E-state index contributed by atoms with van der Waals surface area (Å²) in [4.78, 5) is 28.5. The highest BCUT2D eigenvalue weighted by Gasteiger charge is 2.26. The number of rotatable bonds is 4. The van der Waals surface area contributed by atoms with E-state index < -0.39 is 17.0 Å². The van der Waals surface area contributed by atoms with Gasteiger partial charge in [-0.2, -0.15) is 5.26 Å². The molecule has 1 atom stereocenters. The van der Waals surface area contributed by atoms with Crippen LogP contribution in [0.3, 0.4) is 0 Å². The number of non-ortho nitro benzene ring substituents is 1. The smallest absolute Gasteiger partial charge is 0.340 e. The number of aromatic nitrogens is 1. The van der Waals surface area contributed by atoms with Crippen molar-refractivity contribution in [1.82, 2.24) is 4.98 Å². The third kappa shape index (κ3) is 4.01. The molecule has 1 aromatic heterocycles. The van der Waals surface area contributed by atoms with Gasteiger partial charge in [0.1, 0.15) is 6.07 Å². The summed E-state index contributed by atoms with van der Waals surface area (Å²) in [5.41, 5.74) is 4.22. The molecule has 0 saturated carbocycles. The van der Waals surface area contributed by atoms with E-state index in [4.69, 9.17) is 15.0 Å². The highest BCUT2D eigenvalue weighted by molar-refractivity contribution is 6.06. The summed E-state index contributed by atoms with van der Waals surface area (Å²) in [7, 11) is 0. The molecule has 0 saturated heterocycles. The number of nitro groups is 1. The zero-order valence-corrected chi connectivity index (χ0v) is 16.9. The quantitative estimate of drug-likeness (QED) is 0.335. The summed E-state index contributed by atoms with van der Waals surface area (Å²) in [6, 6.07) is 15.7. The number of nitriles is 1. The fraction of sp³-hybridized carbons (Fsp3) is 0.208. The van der Waals surface area contributed by atoms with Crippen molar-refractivity contribution in [3.8, 4) is 6.07 Å². The molecule has 4 rings (SSSR count). The molecule has 0 spiro atoms. The lowest BCUT2D eigenvalue weighted by atomic mass is 9.86. The van der Waals surface area contributed by atoms with Crippen molar-refractivity contribution >= 4 is 34.2 Å². The van der Waals surface area contributed by atoms with E-state index in [1.807, 2.05) is 36.4 Å². The molecule has 0 N–H and O–H groups in total. The molecule has 3 aromatic rings. The van der Waals surface area contributed by atoms with Crippen LogP contribution in [0.2, 0.25) is 0 Å². The molecule has 0 amide bonds. The van der Waals surface area contributed by atoms with E-state index in [1.165, 1.54) is 19.1 Å². The molecule has 0 aliphatic heterocycles. The predicted octanol–water partition coefficient (Wildman–Crippen LogP) is 5.09. The number of para-hydroxylation sites is 1. The largest absolute Gasteiger partial charge is 0.444 e. The van der Waals surface area contributed by atoms with Crippen LogP contribution in [0.5, 0.6) is 0 Å². The van der Waals surface area contributed by atoms with Crippen LogP contribution in [0.15, 0.2) is 48.5 Å². The molecule has 1 unspecified atom stereocenters. The van der Waals surface area contributed by atoms with E-state index in [-0.39, 0.29) is 5.69 Å². The maximum Gasteiger partial charge on any atom is 0.340 e. The van der Waals surface area contributed by atoms with Crippen LogP contribution >= 0.6 is 0 Å². The van der Waals surface area contributed by atoms with E-state index in [9.17, 15) is 14.9 Å². The lowest BCUT2D eigenvalue weighted by Gasteiger charge is -2.22. The molecular formula is C24H19N3O4. The highest BCUT2D eigenvalue weighted by atomic mass is 16.6. The first kappa shape index (κ1) is 20.2. The predicted molar refractivity (Wildman–Crippen MR) is 116 cm³/mol. The van der Waals surface area contributed by atoms with E-state index in [2.05, 4.69) is 0 Å². The van der Waals surface area contributed by atoms with Gasteiger partial charge in [-0.25, -0.2) is 9.78 Å². The summed E-state index contributed by atoms with van der Waals surface area (Å²) in [5.74, 6) is -0.541. The zero-order chi connectivity index (χ0) is 22.0. The zero-order valence-electron chi connectivity index (χ0n) is 16.9. The first-order chi connectivity index (χ1) is 15.0. The number of fused-ring (bicyclic) bond motifs is 2. The number of nitro benzene ring substituents is 1. The van der Waals surface area contributed by atoms with Gasteiger partial charge >= 0.3 is 5.97 Å². The van der Waals surface area contributed by atoms with Gasteiger partial charge in [0.2, 0.25) is 0 Å². The number of ether oxygens (including phenoxy) is 1. The average Bonchev–Trinajstić information content (AvgIpc) is 2.77. The molecule has 0 fully saturated rings. The minimum absolute atomic E-state index is 0.0200. The minimum Gasteiger partial charge on any atom is -0.444 e. The lowest BCUT2D eigenvalue weighted by Crippen LogP contribution is -2.18. The number of nitrogens with zero attached hydrogens (tertiary/aromatic N) is 3. The van der Waals surface area contributed by atoms with Crippen LogP contribution in [-0.4, -0.2) is 22.0 Å². The van der Waals surface area contributed by atoms with Crippen molar-refractivity contribution in [2.75, 3.05) is 0 Å². The Morgan fingerprint density at radius 1 is 1.26 bits per heavy atom. The standard InChI is InChI=1S/C24H19N3O4/c1-15(14-25)31-24(28)22-19-9-2-3-11-21(19)26-23-17(7-5-10-20(22)23)12-16-6-4-8-18(13-16)27(29)30/h2-4,6,8-9,11-13,15H,5,7,10H2,1H3/b17-12+. The summed E-state index contributed by atoms with van der Waals surface area (Å²) >= 11 is 0. The monoisotopic (exact) mass is 413 g/mol. The van der Waals surface area contributed by atoms with Gasteiger partial charge in [0.15, 0.2) is 6.10 Å². The van der Waals surface area contributed by atoms with Gasteiger partial charge in [0, 0.05) is 17.5 Å². The Kier molecular flexibility index (Phi) is 5.46. The van der Waals surface area contributed by atoms with E-state index in [0.29, 0.717) is 34.1 Å². The number of hydrogen-bond acceptors (Lipinski definition) is 6. The van der Waals surface area contributed by atoms with Crippen molar-refractivity contribution < 1.29 is 14.5 Å². The summed E-state index contributed by atoms with van der Waals surface area (Å²) in [5, 5.41) is 20.9. The second-order valence-electron chi connectivity index (χ2n) is 7.38. The molecule has 31 heavy (non-hydrogen) atoms. The Balaban J connectivity index is 1.89. The van der Waals surface area contributed by atoms with E-state index in [1.54, 1.807) is 12.1 Å². The Labute approximate surface area is 178 Å². The summed E-state index contributed by atoms with van der Waals surface area (Å²) < 4.78 is 5.33. The molecule has 1 aliphatic carbocycles. The van der Waals surface area contributed by atoms with Crippen LogP contribution < -0.4 is 0 Å². The first-order valence-electron chi connectivity index (χ1n) is 9.95.